The third-order valence-electron chi connectivity index (χ3n) is 2.53. The highest BCUT2D eigenvalue weighted by molar-refractivity contribution is 5.97. The first-order valence-corrected chi connectivity index (χ1v) is 5.86. The molecule has 1 rings (SSSR count). The van der Waals surface area contributed by atoms with Crippen molar-refractivity contribution in [3.05, 3.63) is 29.8 Å². The van der Waals surface area contributed by atoms with Crippen molar-refractivity contribution in [1.29, 1.82) is 0 Å². The topological polar surface area (TPSA) is 98.2 Å². The molecule has 0 radical (unpaired) electrons. The number of nitrogen functional groups attached to an aromatic ring is 1. The fourth-order valence-corrected chi connectivity index (χ4v) is 1.59. The minimum Gasteiger partial charge on any atom is -0.399 e. The van der Waals surface area contributed by atoms with Gasteiger partial charge in [0.2, 0.25) is 5.91 Å². The average Bonchev–Trinajstić information content (AvgIpc) is 2.28. The quantitative estimate of drug-likeness (QED) is 0.676. The Labute approximate surface area is 107 Å². The molecule has 1 aromatic rings. The van der Waals surface area contributed by atoms with Gasteiger partial charge in [-0.3, -0.25) is 9.59 Å². The van der Waals surface area contributed by atoms with Crippen molar-refractivity contribution in [3.8, 4) is 0 Å². The van der Waals surface area contributed by atoms with Gasteiger partial charge in [-0.25, -0.2) is 0 Å². The fraction of sp³-hybridized carbons (Fsp3) is 0.385. The molecule has 0 saturated heterocycles. The summed E-state index contributed by atoms with van der Waals surface area (Å²) in [7, 11) is 0. The lowest BCUT2D eigenvalue weighted by Gasteiger charge is -2.17. The van der Waals surface area contributed by atoms with E-state index in [1.165, 1.54) is 0 Å². The Hall–Kier alpha value is -2.04. The molecule has 98 valence electrons. The van der Waals surface area contributed by atoms with Gasteiger partial charge in [0.1, 0.15) is 6.04 Å². The highest BCUT2D eigenvalue weighted by Gasteiger charge is 2.19. The summed E-state index contributed by atoms with van der Waals surface area (Å²) in [5, 5.41) is 2.63. The van der Waals surface area contributed by atoms with Crippen LogP contribution in [0.4, 0.5) is 5.69 Å². The van der Waals surface area contributed by atoms with Gasteiger partial charge in [-0.2, -0.15) is 0 Å². The van der Waals surface area contributed by atoms with Crippen LogP contribution in [-0.2, 0) is 4.79 Å². The maximum Gasteiger partial charge on any atom is 0.251 e. The molecule has 0 fully saturated rings. The number of nitrogens with two attached hydrogens (primary N) is 2. The van der Waals surface area contributed by atoms with Gasteiger partial charge in [0.15, 0.2) is 0 Å². The van der Waals surface area contributed by atoms with Crippen molar-refractivity contribution in [3.63, 3.8) is 0 Å². The molecule has 1 atom stereocenters. The minimum atomic E-state index is -0.643. The van der Waals surface area contributed by atoms with Gasteiger partial charge in [-0.1, -0.05) is 13.8 Å². The summed E-state index contributed by atoms with van der Waals surface area (Å²) in [5.74, 6) is -0.568. The van der Waals surface area contributed by atoms with Gasteiger partial charge in [-0.05, 0) is 36.6 Å². The molecule has 0 aliphatic carbocycles. The summed E-state index contributed by atoms with van der Waals surface area (Å²) in [4.78, 5) is 23.1. The van der Waals surface area contributed by atoms with Gasteiger partial charge < -0.3 is 16.8 Å². The van der Waals surface area contributed by atoms with E-state index in [1.54, 1.807) is 24.3 Å². The average molecular weight is 249 g/mol. The molecule has 18 heavy (non-hydrogen) atoms. The van der Waals surface area contributed by atoms with Crippen LogP contribution in [0, 0.1) is 5.92 Å². The number of carbonyl (C=O) groups is 2. The van der Waals surface area contributed by atoms with E-state index < -0.39 is 11.9 Å². The predicted octanol–water partition coefficient (Wildman–Crippen LogP) is 0.899. The van der Waals surface area contributed by atoms with Crippen LogP contribution in [0.15, 0.2) is 24.3 Å². The van der Waals surface area contributed by atoms with Crippen molar-refractivity contribution in [2.24, 2.45) is 11.7 Å². The molecule has 2 amide bonds. The SMILES string of the molecule is CC(C)CC(NC(=O)c1ccc(N)cc1)C(N)=O. The Balaban J connectivity index is 2.72. The van der Waals surface area contributed by atoms with E-state index in [0.717, 1.165) is 0 Å². The van der Waals surface area contributed by atoms with E-state index in [4.69, 9.17) is 11.5 Å². The lowest BCUT2D eigenvalue weighted by atomic mass is 10.0. The third kappa shape index (κ3) is 4.08. The maximum absolute atomic E-state index is 11.9. The normalized spacial score (nSPS) is 12.2. The molecular weight excluding hydrogens is 230 g/mol. The molecule has 0 spiro atoms. The molecule has 0 aliphatic heterocycles. The van der Waals surface area contributed by atoms with E-state index in [-0.39, 0.29) is 11.8 Å². The van der Waals surface area contributed by atoms with E-state index >= 15 is 0 Å². The van der Waals surface area contributed by atoms with Crippen LogP contribution in [0.1, 0.15) is 30.6 Å². The molecule has 1 aromatic carbocycles. The van der Waals surface area contributed by atoms with E-state index in [9.17, 15) is 9.59 Å². The molecule has 5 nitrogen and oxygen atoms in total. The fourth-order valence-electron chi connectivity index (χ4n) is 1.59. The van der Waals surface area contributed by atoms with Crippen LogP contribution in [0.5, 0.6) is 0 Å². The van der Waals surface area contributed by atoms with Gasteiger partial charge >= 0.3 is 0 Å². The Morgan fingerprint density at radius 3 is 2.22 bits per heavy atom. The summed E-state index contributed by atoms with van der Waals surface area (Å²) in [6, 6.07) is 5.85. The summed E-state index contributed by atoms with van der Waals surface area (Å²) in [5.41, 5.74) is 11.8. The molecular formula is C13H19N3O2. The Bertz CT molecular complexity index is 426. The number of carbonyl (C=O) groups excluding carboxylic acids is 2. The lowest BCUT2D eigenvalue weighted by molar-refractivity contribution is -0.120. The second-order valence-electron chi connectivity index (χ2n) is 4.68. The minimum absolute atomic E-state index is 0.272. The number of hydrogen-bond donors (Lipinski definition) is 3. The lowest BCUT2D eigenvalue weighted by Crippen LogP contribution is -2.45. The van der Waals surface area contributed by atoms with Crippen molar-refractivity contribution in [2.45, 2.75) is 26.3 Å². The van der Waals surface area contributed by atoms with Crippen LogP contribution < -0.4 is 16.8 Å². The third-order valence-corrected chi connectivity index (χ3v) is 2.53. The van der Waals surface area contributed by atoms with Crippen LogP contribution >= 0.6 is 0 Å². The van der Waals surface area contributed by atoms with E-state index in [2.05, 4.69) is 5.32 Å². The van der Waals surface area contributed by atoms with Crippen LogP contribution in [0.25, 0.3) is 0 Å². The number of nitrogens with one attached hydrogen (secondary N) is 1. The van der Waals surface area contributed by atoms with Crippen molar-refractivity contribution in [2.75, 3.05) is 5.73 Å². The first kappa shape index (κ1) is 14.0. The second-order valence-corrected chi connectivity index (χ2v) is 4.68. The Morgan fingerprint density at radius 2 is 1.78 bits per heavy atom. The summed E-state index contributed by atoms with van der Waals surface area (Å²) in [6.45, 7) is 3.93. The summed E-state index contributed by atoms with van der Waals surface area (Å²) >= 11 is 0. The number of hydrogen-bond acceptors (Lipinski definition) is 3. The predicted molar refractivity (Wildman–Crippen MR) is 70.8 cm³/mol. The molecule has 0 heterocycles. The highest BCUT2D eigenvalue weighted by atomic mass is 16.2. The highest BCUT2D eigenvalue weighted by Crippen LogP contribution is 2.08. The second kappa shape index (κ2) is 6.05. The van der Waals surface area contributed by atoms with Gasteiger partial charge in [0.05, 0.1) is 0 Å². The zero-order chi connectivity index (χ0) is 13.7. The molecule has 1 unspecified atom stereocenters. The number of amides is 2. The molecule has 5 heteroatoms. The maximum atomic E-state index is 11.9. The summed E-state index contributed by atoms with van der Waals surface area (Å²) in [6.07, 6.45) is 0.524. The monoisotopic (exact) mass is 249 g/mol. The Morgan fingerprint density at radius 1 is 1.22 bits per heavy atom. The largest absolute Gasteiger partial charge is 0.399 e. The van der Waals surface area contributed by atoms with Gasteiger partial charge in [-0.15, -0.1) is 0 Å². The number of anilines is 1. The van der Waals surface area contributed by atoms with Crippen LogP contribution in [-0.4, -0.2) is 17.9 Å². The van der Waals surface area contributed by atoms with Crippen molar-refractivity contribution in [1.82, 2.24) is 5.32 Å². The van der Waals surface area contributed by atoms with E-state index in [1.807, 2.05) is 13.8 Å². The number of benzene rings is 1. The molecule has 0 saturated carbocycles. The zero-order valence-corrected chi connectivity index (χ0v) is 10.6. The van der Waals surface area contributed by atoms with Crippen LogP contribution in [0.2, 0.25) is 0 Å². The molecule has 0 aliphatic rings. The van der Waals surface area contributed by atoms with Gasteiger partial charge in [0.25, 0.3) is 5.91 Å². The van der Waals surface area contributed by atoms with Gasteiger partial charge in [0, 0.05) is 11.3 Å². The van der Waals surface area contributed by atoms with Crippen molar-refractivity contribution < 1.29 is 9.59 Å². The number of primary amides is 1. The first-order valence-electron chi connectivity index (χ1n) is 5.86. The zero-order valence-electron chi connectivity index (χ0n) is 10.6. The molecule has 0 aromatic heterocycles. The summed E-state index contributed by atoms with van der Waals surface area (Å²) < 4.78 is 0. The Kier molecular flexibility index (Phi) is 4.71. The molecule has 5 N–H and O–H groups in total. The number of rotatable bonds is 5. The van der Waals surface area contributed by atoms with Crippen LogP contribution in [0.3, 0.4) is 0 Å². The molecule has 0 bridgehead atoms. The van der Waals surface area contributed by atoms with Crippen molar-refractivity contribution >= 4 is 17.5 Å². The first-order chi connectivity index (χ1) is 8.40. The standard InChI is InChI=1S/C13H19N3O2/c1-8(2)7-11(12(15)17)16-13(18)9-3-5-10(14)6-4-9/h3-6,8,11H,7,14H2,1-2H3,(H2,15,17)(H,16,18). The van der Waals surface area contributed by atoms with E-state index in [0.29, 0.717) is 17.7 Å². The smallest absolute Gasteiger partial charge is 0.251 e.